The van der Waals surface area contributed by atoms with Gasteiger partial charge in [0.05, 0.1) is 0 Å². The summed E-state index contributed by atoms with van der Waals surface area (Å²) in [5, 5.41) is 0. The van der Waals surface area contributed by atoms with Gasteiger partial charge in [-0.05, 0) is 25.8 Å². The fourth-order valence-electron chi connectivity index (χ4n) is 1.53. The van der Waals surface area contributed by atoms with Crippen LogP contribution in [0.5, 0.6) is 0 Å². The van der Waals surface area contributed by atoms with Crippen LogP contribution in [0.1, 0.15) is 26.7 Å². The quantitative estimate of drug-likeness (QED) is 0.540. The third-order valence-corrected chi connectivity index (χ3v) is 3.33. The van der Waals surface area contributed by atoms with E-state index in [1.807, 2.05) is 11.9 Å². The second-order valence-corrected chi connectivity index (χ2v) is 4.58. The average molecular weight is 159 g/mol. The Morgan fingerprint density at radius 1 is 1.50 bits per heavy atom. The van der Waals surface area contributed by atoms with Crippen LogP contribution in [0.3, 0.4) is 0 Å². The van der Waals surface area contributed by atoms with Crippen molar-refractivity contribution in [3.05, 3.63) is 0 Å². The Morgan fingerprint density at radius 3 is 2.60 bits per heavy atom. The molecule has 1 nitrogen and oxygen atoms in total. The lowest BCUT2D eigenvalue weighted by Gasteiger charge is -2.33. The Morgan fingerprint density at radius 2 is 2.20 bits per heavy atom. The van der Waals surface area contributed by atoms with Gasteiger partial charge in [0, 0.05) is 11.8 Å². The fraction of sp³-hybridized carbons (Fsp3) is 1.00. The van der Waals surface area contributed by atoms with E-state index in [4.69, 9.17) is 0 Å². The standard InChI is InChI=1S/C8H17NS/c1-7(2)8-5-4-6-10-9(8)3/h7-8H,4-6H2,1-3H3. The molecule has 1 heterocycles. The molecule has 0 aliphatic carbocycles. The third-order valence-electron chi connectivity index (χ3n) is 2.18. The SMILES string of the molecule is CC(C)C1CCCSN1C. The summed E-state index contributed by atoms with van der Waals surface area (Å²) in [7, 11) is 2.22. The molecule has 1 unspecified atom stereocenters. The maximum atomic E-state index is 2.42. The van der Waals surface area contributed by atoms with Crippen LogP contribution in [0.4, 0.5) is 0 Å². The zero-order valence-electron chi connectivity index (χ0n) is 7.13. The molecule has 60 valence electrons. The minimum Gasteiger partial charge on any atom is -0.250 e. The summed E-state index contributed by atoms with van der Waals surface area (Å²) in [5.41, 5.74) is 0. The molecule has 1 atom stereocenters. The van der Waals surface area contributed by atoms with Gasteiger partial charge in [-0.2, -0.15) is 0 Å². The number of rotatable bonds is 1. The topological polar surface area (TPSA) is 3.24 Å². The third kappa shape index (κ3) is 1.89. The van der Waals surface area contributed by atoms with Crippen LogP contribution in [0, 0.1) is 5.92 Å². The highest BCUT2D eigenvalue weighted by atomic mass is 32.2. The zero-order chi connectivity index (χ0) is 7.56. The van der Waals surface area contributed by atoms with Crippen LogP contribution in [0.25, 0.3) is 0 Å². The van der Waals surface area contributed by atoms with Gasteiger partial charge < -0.3 is 0 Å². The van der Waals surface area contributed by atoms with E-state index >= 15 is 0 Å². The highest BCUT2D eigenvalue weighted by molar-refractivity contribution is 7.97. The lowest BCUT2D eigenvalue weighted by Crippen LogP contribution is -2.34. The molecule has 1 aliphatic rings. The van der Waals surface area contributed by atoms with E-state index in [1.54, 1.807) is 0 Å². The molecule has 1 saturated heterocycles. The largest absolute Gasteiger partial charge is 0.250 e. The molecule has 0 bridgehead atoms. The molecule has 0 N–H and O–H groups in total. The minimum absolute atomic E-state index is 0.817. The van der Waals surface area contributed by atoms with Crippen molar-refractivity contribution in [3.8, 4) is 0 Å². The van der Waals surface area contributed by atoms with Gasteiger partial charge in [-0.25, -0.2) is 0 Å². The molecule has 0 aromatic heterocycles. The average Bonchev–Trinajstić information content (AvgIpc) is 1.88. The minimum atomic E-state index is 0.817. The molecule has 2 heteroatoms. The second kappa shape index (κ2) is 3.63. The molecule has 0 spiro atoms. The summed E-state index contributed by atoms with van der Waals surface area (Å²) < 4.78 is 2.42. The second-order valence-electron chi connectivity index (χ2n) is 3.33. The van der Waals surface area contributed by atoms with Crippen LogP contribution < -0.4 is 0 Å². The molecule has 1 aliphatic heterocycles. The molecule has 10 heavy (non-hydrogen) atoms. The maximum Gasteiger partial charge on any atom is 0.0222 e. The predicted octanol–water partition coefficient (Wildman–Crippen LogP) is 2.38. The Hall–Kier alpha value is 0.310. The van der Waals surface area contributed by atoms with Gasteiger partial charge >= 0.3 is 0 Å². The van der Waals surface area contributed by atoms with Gasteiger partial charge in [0.15, 0.2) is 0 Å². The number of nitrogens with zero attached hydrogens (tertiary/aromatic N) is 1. The molecule has 0 amide bonds. The Bertz CT molecular complexity index is 103. The van der Waals surface area contributed by atoms with Crippen LogP contribution in [-0.4, -0.2) is 23.1 Å². The lowest BCUT2D eigenvalue weighted by atomic mass is 10.00. The molecule has 0 aromatic rings. The van der Waals surface area contributed by atoms with E-state index in [0.717, 1.165) is 12.0 Å². The summed E-state index contributed by atoms with van der Waals surface area (Å²) in [4.78, 5) is 0. The van der Waals surface area contributed by atoms with Gasteiger partial charge in [0.25, 0.3) is 0 Å². The van der Waals surface area contributed by atoms with Gasteiger partial charge in [0.2, 0.25) is 0 Å². The first-order chi connectivity index (χ1) is 4.72. The first-order valence-electron chi connectivity index (χ1n) is 4.07. The Kier molecular flexibility index (Phi) is 3.05. The van der Waals surface area contributed by atoms with E-state index in [2.05, 4.69) is 25.2 Å². The van der Waals surface area contributed by atoms with Crippen molar-refractivity contribution in [1.82, 2.24) is 4.31 Å². The summed E-state index contributed by atoms with van der Waals surface area (Å²) in [5.74, 6) is 2.14. The van der Waals surface area contributed by atoms with Gasteiger partial charge in [0.1, 0.15) is 0 Å². The molecule has 1 rings (SSSR count). The summed E-state index contributed by atoms with van der Waals surface area (Å²) >= 11 is 1.99. The molecular formula is C8H17NS. The van der Waals surface area contributed by atoms with Crippen molar-refractivity contribution in [2.75, 3.05) is 12.8 Å². The monoisotopic (exact) mass is 159 g/mol. The van der Waals surface area contributed by atoms with E-state index in [-0.39, 0.29) is 0 Å². The van der Waals surface area contributed by atoms with Crippen LogP contribution in [0.2, 0.25) is 0 Å². The molecule has 0 saturated carbocycles. The smallest absolute Gasteiger partial charge is 0.0222 e. The first kappa shape index (κ1) is 8.41. The molecule has 0 aromatic carbocycles. The highest BCUT2D eigenvalue weighted by Gasteiger charge is 2.21. The number of hydrogen-bond donors (Lipinski definition) is 0. The van der Waals surface area contributed by atoms with Crippen molar-refractivity contribution in [2.24, 2.45) is 5.92 Å². The molecule has 0 radical (unpaired) electrons. The summed E-state index contributed by atoms with van der Waals surface area (Å²) in [6.45, 7) is 4.63. The van der Waals surface area contributed by atoms with Crippen LogP contribution in [-0.2, 0) is 0 Å². The zero-order valence-corrected chi connectivity index (χ0v) is 7.95. The van der Waals surface area contributed by atoms with E-state index < -0.39 is 0 Å². The first-order valence-corrected chi connectivity index (χ1v) is 5.02. The van der Waals surface area contributed by atoms with Crippen molar-refractivity contribution in [1.29, 1.82) is 0 Å². The summed E-state index contributed by atoms with van der Waals surface area (Å²) in [6, 6.07) is 0.818. The van der Waals surface area contributed by atoms with Crippen molar-refractivity contribution >= 4 is 11.9 Å². The fourth-order valence-corrected chi connectivity index (χ4v) is 2.66. The van der Waals surface area contributed by atoms with Gasteiger partial charge in [-0.3, -0.25) is 4.31 Å². The van der Waals surface area contributed by atoms with E-state index in [9.17, 15) is 0 Å². The Balaban J connectivity index is 2.40. The van der Waals surface area contributed by atoms with Gasteiger partial charge in [-0.1, -0.05) is 25.8 Å². The van der Waals surface area contributed by atoms with Crippen LogP contribution in [0.15, 0.2) is 0 Å². The van der Waals surface area contributed by atoms with Crippen molar-refractivity contribution in [2.45, 2.75) is 32.7 Å². The lowest BCUT2D eigenvalue weighted by molar-refractivity contribution is 0.287. The van der Waals surface area contributed by atoms with E-state index in [0.29, 0.717) is 0 Å². The highest BCUT2D eigenvalue weighted by Crippen LogP contribution is 2.27. The predicted molar refractivity (Wildman–Crippen MR) is 48.1 cm³/mol. The number of hydrogen-bond acceptors (Lipinski definition) is 2. The Labute approximate surface area is 68.3 Å². The molecular weight excluding hydrogens is 142 g/mol. The normalized spacial score (nSPS) is 29.4. The van der Waals surface area contributed by atoms with E-state index in [1.165, 1.54) is 18.6 Å². The summed E-state index contributed by atoms with van der Waals surface area (Å²) in [6.07, 6.45) is 2.79. The maximum absolute atomic E-state index is 2.42. The van der Waals surface area contributed by atoms with Crippen molar-refractivity contribution in [3.63, 3.8) is 0 Å². The van der Waals surface area contributed by atoms with Crippen LogP contribution >= 0.6 is 11.9 Å². The van der Waals surface area contributed by atoms with Gasteiger partial charge in [-0.15, -0.1) is 0 Å². The molecule has 1 fully saturated rings. The van der Waals surface area contributed by atoms with Crippen molar-refractivity contribution < 1.29 is 0 Å².